The lowest BCUT2D eigenvalue weighted by Gasteiger charge is -2.28. The fraction of sp³-hybridized carbons (Fsp3) is 0.333. The zero-order valence-electron chi connectivity index (χ0n) is 18.2. The van der Waals surface area contributed by atoms with Crippen molar-refractivity contribution in [2.45, 2.75) is 44.8 Å². The van der Waals surface area contributed by atoms with Crippen LogP contribution in [0.15, 0.2) is 48.8 Å². The topological polar surface area (TPSA) is 97.9 Å². The van der Waals surface area contributed by atoms with E-state index in [2.05, 4.69) is 20.0 Å². The molecule has 1 amide bonds. The maximum absolute atomic E-state index is 13.3. The minimum Gasteiger partial charge on any atom is -0.393 e. The Hall–Kier alpha value is -3.52. The van der Waals surface area contributed by atoms with Gasteiger partial charge in [-0.1, -0.05) is 12.1 Å². The van der Waals surface area contributed by atoms with Crippen LogP contribution in [-0.4, -0.2) is 41.4 Å². The van der Waals surface area contributed by atoms with Gasteiger partial charge in [0.25, 0.3) is 5.91 Å². The van der Waals surface area contributed by atoms with Crippen LogP contribution in [0.4, 0.5) is 5.95 Å². The first kappa shape index (κ1) is 20.4. The van der Waals surface area contributed by atoms with Crippen molar-refractivity contribution >= 4 is 22.9 Å². The Labute approximate surface area is 185 Å². The van der Waals surface area contributed by atoms with Gasteiger partial charge in [-0.3, -0.25) is 19.8 Å². The molecule has 8 nitrogen and oxygen atoms in total. The zero-order valence-corrected chi connectivity index (χ0v) is 18.2. The molecule has 0 saturated heterocycles. The lowest BCUT2D eigenvalue weighted by molar-refractivity contribution is 0.102. The summed E-state index contributed by atoms with van der Waals surface area (Å²) in [7, 11) is 1.85. The third-order valence-electron chi connectivity index (χ3n) is 6.07. The molecule has 0 unspecified atom stereocenters. The van der Waals surface area contributed by atoms with Crippen LogP contribution in [0.2, 0.25) is 0 Å². The van der Waals surface area contributed by atoms with E-state index in [0.29, 0.717) is 17.2 Å². The van der Waals surface area contributed by atoms with Gasteiger partial charge in [0.15, 0.2) is 0 Å². The molecule has 32 heavy (non-hydrogen) atoms. The highest BCUT2D eigenvalue weighted by Gasteiger charge is 2.25. The lowest BCUT2D eigenvalue weighted by atomic mass is 9.93. The van der Waals surface area contributed by atoms with Gasteiger partial charge in [-0.15, -0.1) is 0 Å². The molecule has 0 atom stereocenters. The molecule has 3 heterocycles. The number of nitrogens with zero attached hydrogens (tertiary/aromatic N) is 5. The Morgan fingerprint density at radius 2 is 1.91 bits per heavy atom. The minimum absolute atomic E-state index is 0.186. The number of carbonyl (C=O) groups is 1. The molecule has 5 rings (SSSR count). The molecule has 164 valence electrons. The van der Waals surface area contributed by atoms with E-state index in [1.54, 1.807) is 23.0 Å². The van der Waals surface area contributed by atoms with Crippen LogP contribution in [0.3, 0.4) is 0 Å². The highest BCUT2D eigenvalue weighted by Crippen LogP contribution is 2.34. The maximum Gasteiger partial charge on any atom is 0.258 e. The molecule has 0 aliphatic heterocycles. The van der Waals surface area contributed by atoms with Crippen LogP contribution in [0, 0.1) is 6.92 Å². The summed E-state index contributed by atoms with van der Waals surface area (Å²) in [5.74, 6) is 0.308. The van der Waals surface area contributed by atoms with Gasteiger partial charge < -0.3 is 9.67 Å². The van der Waals surface area contributed by atoms with Crippen LogP contribution in [0.1, 0.15) is 47.8 Å². The molecule has 1 fully saturated rings. The zero-order chi connectivity index (χ0) is 22.2. The standard InChI is InChI=1S/C24H26N6O2/c1-15-11-16(12-21(26-15)17-13-25-29(2)14-17)23(32)28-24-27-20-5-3-4-6-22(20)30(24)18-7-9-19(31)10-8-18/h3-6,11-14,18-19,31H,7-10H2,1-2H3,(H,27,28,32). The third-order valence-corrected chi connectivity index (χ3v) is 6.07. The number of aliphatic hydroxyl groups is 1. The van der Waals surface area contributed by atoms with Crippen LogP contribution in [-0.2, 0) is 7.05 Å². The van der Waals surface area contributed by atoms with Crippen molar-refractivity contribution in [3.8, 4) is 11.3 Å². The smallest absolute Gasteiger partial charge is 0.258 e. The molecule has 8 heteroatoms. The molecule has 1 aliphatic carbocycles. The summed E-state index contributed by atoms with van der Waals surface area (Å²) in [5.41, 5.74) is 4.68. The van der Waals surface area contributed by atoms with Gasteiger partial charge in [0.2, 0.25) is 5.95 Å². The minimum atomic E-state index is -0.246. The second kappa shape index (κ2) is 8.20. The number of fused-ring (bicyclic) bond motifs is 1. The quantitative estimate of drug-likeness (QED) is 0.512. The predicted octanol–water partition coefficient (Wildman–Crippen LogP) is 3.87. The molecule has 0 spiro atoms. The van der Waals surface area contributed by atoms with Gasteiger partial charge in [-0.05, 0) is 56.9 Å². The number of rotatable bonds is 4. The number of imidazole rings is 1. The van der Waals surface area contributed by atoms with E-state index < -0.39 is 0 Å². The SMILES string of the molecule is Cc1cc(C(=O)Nc2nc3ccccc3n2C2CCC(O)CC2)cc(-c2cnn(C)c2)n1. The fourth-order valence-electron chi connectivity index (χ4n) is 4.49. The van der Waals surface area contributed by atoms with E-state index in [9.17, 15) is 9.90 Å². The highest BCUT2D eigenvalue weighted by molar-refractivity contribution is 6.04. The van der Waals surface area contributed by atoms with Crippen LogP contribution in [0.5, 0.6) is 0 Å². The van der Waals surface area contributed by atoms with Gasteiger partial charge in [0, 0.05) is 36.1 Å². The van der Waals surface area contributed by atoms with Crippen molar-refractivity contribution in [2.75, 3.05) is 5.32 Å². The van der Waals surface area contributed by atoms with Crippen molar-refractivity contribution in [1.82, 2.24) is 24.3 Å². The molecule has 2 N–H and O–H groups in total. The van der Waals surface area contributed by atoms with Gasteiger partial charge >= 0.3 is 0 Å². The molecule has 0 bridgehead atoms. The number of pyridine rings is 1. The van der Waals surface area contributed by atoms with E-state index in [1.165, 1.54) is 0 Å². The van der Waals surface area contributed by atoms with Crippen molar-refractivity contribution in [3.05, 3.63) is 60.0 Å². The number of hydrogen-bond acceptors (Lipinski definition) is 5. The number of aromatic nitrogens is 5. The van der Waals surface area contributed by atoms with Crippen molar-refractivity contribution in [3.63, 3.8) is 0 Å². The monoisotopic (exact) mass is 430 g/mol. The number of anilines is 1. The molecule has 4 aromatic rings. The molecule has 1 aromatic carbocycles. The first-order valence-electron chi connectivity index (χ1n) is 10.9. The number of carbonyl (C=O) groups excluding carboxylic acids is 1. The second-order valence-corrected chi connectivity index (χ2v) is 8.50. The first-order chi connectivity index (χ1) is 15.5. The number of aryl methyl sites for hydroxylation is 2. The van der Waals surface area contributed by atoms with E-state index in [1.807, 2.05) is 44.4 Å². The average molecular weight is 431 g/mol. The van der Waals surface area contributed by atoms with Gasteiger partial charge in [0.05, 0.1) is 29.0 Å². The van der Waals surface area contributed by atoms with E-state index >= 15 is 0 Å². The normalized spacial score (nSPS) is 18.7. The van der Waals surface area contributed by atoms with Gasteiger partial charge in [-0.25, -0.2) is 4.98 Å². The largest absolute Gasteiger partial charge is 0.393 e. The predicted molar refractivity (Wildman–Crippen MR) is 122 cm³/mol. The second-order valence-electron chi connectivity index (χ2n) is 8.50. The molecule has 1 aliphatic rings. The Balaban J connectivity index is 1.49. The Bertz CT molecular complexity index is 1280. The van der Waals surface area contributed by atoms with Gasteiger partial charge in [0.1, 0.15) is 0 Å². The highest BCUT2D eigenvalue weighted by atomic mass is 16.3. The summed E-state index contributed by atoms with van der Waals surface area (Å²) >= 11 is 0. The number of nitrogens with one attached hydrogen (secondary N) is 1. The third kappa shape index (κ3) is 3.89. The van der Waals surface area contributed by atoms with Crippen LogP contribution < -0.4 is 5.32 Å². The Kier molecular flexibility index (Phi) is 5.22. The number of hydrogen-bond donors (Lipinski definition) is 2. The van der Waals surface area contributed by atoms with E-state index in [4.69, 9.17) is 4.98 Å². The summed E-state index contributed by atoms with van der Waals surface area (Å²) in [6.45, 7) is 1.87. The summed E-state index contributed by atoms with van der Waals surface area (Å²) in [6.07, 6.45) is 6.57. The Morgan fingerprint density at radius 1 is 1.12 bits per heavy atom. The molecule has 3 aromatic heterocycles. The number of amides is 1. The molecule has 1 saturated carbocycles. The number of benzene rings is 1. The average Bonchev–Trinajstić information content (AvgIpc) is 3.37. The molecular weight excluding hydrogens is 404 g/mol. The van der Waals surface area contributed by atoms with Crippen LogP contribution in [0.25, 0.3) is 22.3 Å². The van der Waals surface area contributed by atoms with Gasteiger partial charge in [-0.2, -0.15) is 5.10 Å². The molecular formula is C24H26N6O2. The maximum atomic E-state index is 13.3. The van der Waals surface area contributed by atoms with Crippen molar-refractivity contribution < 1.29 is 9.90 Å². The number of para-hydroxylation sites is 2. The lowest BCUT2D eigenvalue weighted by Crippen LogP contribution is -2.24. The summed E-state index contributed by atoms with van der Waals surface area (Å²) < 4.78 is 3.83. The number of aliphatic hydroxyl groups excluding tert-OH is 1. The fourth-order valence-corrected chi connectivity index (χ4v) is 4.49. The van der Waals surface area contributed by atoms with Crippen LogP contribution >= 0.6 is 0 Å². The Morgan fingerprint density at radius 3 is 2.66 bits per heavy atom. The van der Waals surface area contributed by atoms with Crippen molar-refractivity contribution in [1.29, 1.82) is 0 Å². The summed E-state index contributed by atoms with van der Waals surface area (Å²) in [4.78, 5) is 22.5. The molecule has 0 radical (unpaired) electrons. The van der Waals surface area contributed by atoms with E-state index in [-0.39, 0.29) is 18.1 Å². The van der Waals surface area contributed by atoms with E-state index in [0.717, 1.165) is 48.0 Å². The van der Waals surface area contributed by atoms with Crippen molar-refractivity contribution in [2.24, 2.45) is 7.05 Å². The summed E-state index contributed by atoms with van der Waals surface area (Å²) in [6, 6.07) is 11.7. The summed E-state index contributed by atoms with van der Waals surface area (Å²) in [5, 5.41) is 17.2. The first-order valence-corrected chi connectivity index (χ1v) is 10.9.